The van der Waals surface area contributed by atoms with Crippen LogP contribution in [0.1, 0.15) is 22.3 Å². The van der Waals surface area contributed by atoms with Gasteiger partial charge in [0.15, 0.2) is 0 Å². The average Bonchev–Trinajstić information content (AvgIpc) is 2.82. The third kappa shape index (κ3) is 8.99. The molecule has 0 spiro atoms. The van der Waals surface area contributed by atoms with Gasteiger partial charge in [-0.05, 0) is 35.4 Å². The van der Waals surface area contributed by atoms with E-state index in [-0.39, 0.29) is 33.8 Å². The summed E-state index contributed by atoms with van der Waals surface area (Å²) in [5, 5.41) is 56.6. The molecule has 0 aliphatic heterocycles. The molecule has 0 aliphatic rings. The zero-order valence-corrected chi connectivity index (χ0v) is 19.6. The molecule has 38 heavy (non-hydrogen) atoms. The fourth-order valence-corrected chi connectivity index (χ4v) is 2.98. The van der Waals surface area contributed by atoms with E-state index < -0.39 is 50.1 Å². The van der Waals surface area contributed by atoms with Gasteiger partial charge in [0, 0.05) is 47.1 Å². The van der Waals surface area contributed by atoms with Crippen molar-refractivity contribution in [2.24, 2.45) is 20.0 Å². The van der Waals surface area contributed by atoms with Crippen molar-refractivity contribution >= 4 is 48.7 Å². The van der Waals surface area contributed by atoms with Crippen LogP contribution in [0.2, 0.25) is 0 Å². The van der Waals surface area contributed by atoms with Crippen molar-refractivity contribution in [3.63, 3.8) is 0 Å². The molecule has 0 amide bonds. The fourth-order valence-electron chi connectivity index (χ4n) is 2.98. The lowest BCUT2D eigenvalue weighted by Crippen LogP contribution is -2.02. The Balaban J connectivity index is 2.72. The second-order valence-corrected chi connectivity index (χ2v) is 7.46. The Kier molecular flexibility index (Phi) is 10.3. The van der Waals surface area contributed by atoms with Gasteiger partial charge in [0.2, 0.25) is 0 Å². The van der Waals surface area contributed by atoms with E-state index in [0.717, 1.165) is 24.9 Å². The van der Waals surface area contributed by atoms with Crippen LogP contribution in [0, 0.1) is 0 Å². The SMILES string of the molecule is O=C(O)CN=Cc1cc(-c2cc(C=NCC(=O)O)c(O)c(C=NCC(=O)O)c2)cc(C=NCC(=O)O)c1O. The maximum atomic E-state index is 10.8. The number of rotatable bonds is 13. The van der Waals surface area contributed by atoms with E-state index in [1.165, 1.54) is 24.3 Å². The van der Waals surface area contributed by atoms with Gasteiger partial charge in [-0.3, -0.25) is 39.1 Å². The predicted molar refractivity (Wildman–Crippen MR) is 136 cm³/mol. The number of benzene rings is 2. The summed E-state index contributed by atoms with van der Waals surface area (Å²) in [7, 11) is 0. The Bertz CT molecular complexity index is 1160. The highest BCUT2D eigenvalue weighted by Crippen LogP contribution is 2.32. The highest BCUT2D eigenvalue weighted by Gasteiger charge is 2.14. The summed E-state index contributed by atoms with van der Waals surface area (Å²) in [6, 6.07) is 5.71. The summed E-state index contributed by atoms with van der Waals surface area (Å²) in [5.74, 6) is -5.57. The molecule has 0 bridgehead atoms. The number of hydrogen-bond donors (Lipinski definition) is 6. The molecule has 2 aromatic rings. The Morgan fingerprint density at radius 1 is 0.500 bits per heavy atom. The van der Waals surface area contributed by atoms with Gasteiger partial charge < -0.3 is 30.6 Å². The summed E-state index contributed by atoms with van der Waals surface area (Å²) < 4.78 is 0. The van der Waals surface area contributed by atoms with E-state index in [4.69, 9.17) is 20.4 Å². The topological polar surface area (TPSA) is 239 Å². The summed E-state index contributed by atoms with van der Waals surface area (Å²) in [4.78, 5) is 58.2. The maximum absolute atomic E-state index is 10.8. The first-order chi connectivity index (χ1) is 18.0. The van der Waals surface area contributed by atoms with Gasteiger partial charge in [-0.25, -0.2) is 0 Å². The minimum absolute atomic E-state index is 0.0655. The molecule has 0 saturated heterocycles. The quantitative estimate of drug-likeness (QED) is 0.200. The monoisotopic (exact) mass is 526 g/mol. The number of phenols is 2. The van der Waals surface area contributed by atoms with Gasteiger partial charge in [-0.1, -0.05) is 0 Å². The van der Waals surface area contributed by atoms with Gasteiger partial charge in [-0.2, -0.15) is 0 Å². The van der Waals surface area contributed by atoms with Crippen molar-refractivity contribution in [2.75, 3.05) is 26.2 Å². The van der Waals surface area contributed by atoms with Crippen LogP contribution >= 0.6 is 0 Å². The first-order valence-electron chi connectivity index (χ1n) is 10.6. The lowest BCUT2D eigenvalue weighted by Gasteiger charge is -2.12. The van der Waals surface area contributed by atoms with Crippen molar-refractivity contribution < 1.29 is 49.8 Å². The van der Waals surface area contributed by atoms with Gasteiger partial charge in [0.05, 0.1) is 0 Å². The smallest absolute Gasteiger partial charge is 0.325 e. The van der Waals surface area contributed by atoms with Crippen LogP contribution in [0.4, 0.5) is 0 Å². The zero-order valence-electron chi connectivity index (χ0n) is 19.6. The van der Waals surface area contributed by atoms with Gasteiger partial charge in [-0.15, -0.1) is 0 Å². The summed E-state index contributed by atoms with van der Waals surface area (Å²) in [6.07, 6.45) is 4.41. The van der Waals surface area contributed by atoms with Crippen LogP contribution in [-0.4, -0.2) is 106 Å². The molecule has 198 valence electrons. The number of carbonyl (C=O) groups is 4. The summed E-state index contributed by atoms with van der Waals surface area (Å²) in [5.41, 5.74) is 0.979. The normalized spacial score (nSPS) is 11.7. The zero-order chi connectivity index (χ0) is 28.2. The Morgan fingerprint density at radius 3 is 0.895 bits per heavy atom. The van der Waals surface area contributed by atoms with Crippen LogP contribution < -0.4 is 0 Å². The molecular formula is C24H22N4O10. The van der Waals surface area contributed by atoms with Crippen molar-refractivity contribution in [2.45, 2.75) is 0 Å². The number of aliphatic imine (C=N–C) groups is 4. The third-order valence-corrected chi connectivity index (χ3v) is 4.50. The Hall–Kier alpha value is -5.40. The molecule has 0 unspecified atom stereocenters. The lowest BCUT2D eigenvalue weighted by atomic mass is 9.95. The number of aliphatic carboxylic acids is 4. The minimum Gasteiger partial charge on any atom is -0.507 e. The number of carboxylic acid groups (broad SMARTS) is 4. The maximum Gasteiger partial charge on any atom is 0.325 e. The molecule has 2 aromatic carbocycles. The Morgan fingerprint density at radius 2 is 0.711 bits per heavy atom. The van der Waals surface area contributed by atoms with Crippen molar-refractivity contribution in [1.29, 1.82) is 0 Å². The van der Waals surface area contributed by atoms with E-state index in [2.05, 4.69) is 20.0 Å². The third-order valence-electron chi connectivity index (χ3n) is 4.50. The first-order valence-corrected chi connectivity index (χ1v) is 10.6. The largest absolute Gasteiger partial charge is 0.507 e. The van der Waals surface area contributed by atoms with E-state index in [0.29, 0.717) is 11.1 Å². The molecule has 14 heteroatoms. The second-order valence-electron chi connectivity index (χ2n) is 7.46. The van der Waals surface area contributed by atoms with Gasteiger partial charge in [0.25, 0.3) is 0 Å². The highest BCUT2D eigenvalue weighted by molar-refractivity contribution is 5.98. The molecule has 2 rings (SSSR count). The number of phenolic OH excluding ortho intramolecular Hbond substituents is 2. The molecule has 0 radical (unpaired) electrons. The van der Waals surface area contributed by atoms with Crippen LogP contribution in [-0.2, 0) is 19.2 Å². The fraction of sp³-hybridized carbons (Fsp3) is 0.167. The van der Waals surface area contributed by atoms with E-state index >= 15 is 0 Å². The van der Waals surface area contributed by atoms with Crippen molar-refractivity contribution in [3.8, 4) is 22.6 Å². The molecule has 0 fully saturated rings. The number of carboxylic acids is 4. The van der Waals surface area contributed by atoms with E-state index in [1.807, 2.05) is 0 Å². The van der Waals surface area contributed by atoms with Crippen molar-refractivity contribution in [3.05, 3.63) is 46.5 Å². The summed E-state index contributed by atoms with van der Waals surface area (Å²) >= 11 is 0. The molecule has 0 saturated carbocycles. The van der Waals surface area contributed by atoms with Crippen LogP contribution in [0.25, 0.3) is 11.1 Å². The van der Waals surface area contributed by atoms with E-state index in [9.17, 15) is 29.4 Å². The standard InChI is InChI=1S/C24H22N4O10/c29-19(30)9-25-5-15-1-13(2-16(23(15)37)6-26-10-20(31)32)14-3-17(7-27-11-21(33)34)24(38)18(4-14)8-28-12-22(35)36/h1-8,37-38H,9-12H2,(H,29,30)(H,31,32)(H,33,34)(H,35,36). The molecule has 14 nitrogen and oxygen atoms in total. The Labute approximate surface area is 214 Å². The van der Waals surface area contributed by atoms with Crippen molar-refractivity contribution in [1.82, 2.24) is 0 Å². The molecule has 0 heterocycles. The number of aromatic hydroxyl groups is 2. The van der Waals surface area contributed by atoms with E-state index in [1.54, 1.807) is 0 Å². The molecular weight excluding hydrogens is 504 g/mol. The predicted octanol–water partition coefficient (Wildman–Crippen LogP) is 0.779. The average molecular weight is 526 g/mol. The van der Waals surface area contributed by atoms with Gasteiger partial charge >= 0.3 is 23.9 Å². The van der Waals surface area contributed by atoms with Crippen LogP contribution in [0.5, 0.6) is 11.5 Å². The molecule has 0 aliphatic carbocycles. The summed E-state index contributed by atoms with van der Waals surface area (Å²) in [6.45, 7) is -2.33. The molecule has 0 aromatic heterocycles. The highest BCUT2D eigenvalue weighted by atomic mass is 16.4. The van der Waals surface area contributed by atoms with Crippen LogP contribution in [0.15, 0.2) is 44.2 Å². The lowest BCUT2D eigenvalue weighted by molar-refractivity contribution is -0.136. The molecule has 0 atom stereocenters. The second kappa shape index (κ2) is 13.6. The number of nitrogens with zero attached hydrogens (tertiary/aromatic N) is 4. The van der Waals surface area contributed by atoms with Crippen LogP contribution in [0.3, 0.4) is 0 Å². The van der Waals surface area contributed by atoms with Gasteiger partial charge in [0.1, 0.15) is 37.7 Å². The molecule has 6 N–H and O–H groups in total. The number of hydrogen-bond acceptors (Lipinski definition) is 10. The minimum atomic E-state index is -1.21. The first kappa shape index (κ1) is 28.8.